The zero-order chi connectivity index (χ0) is 20.8. The van der Waals surface area contributed by atoms with Crippen molar-refractivity contribution in [2.45, 2.75) is 13.1 Å². The second-order valence-electron chi connectivity index (χ2n) is 6.53. The lowest BCUT2D eigenvalue weighted by Crippen LogP contribution is -2.25. The second kappa shape index (κ2) is 8.95. The van der Waals surface area contributed by atoms with Gasteiger partial charge in [-0.15, -0.1) is 0 Å². The molecule has 0 spiro atoms. The molecule has 0 amide bonds. The Morgan fingerprint density at radius 3 is 2.10 bits per heavy atom. The molecule has 150 valence electrons. The lowest BCUT2D eigenvalue weighted by Gasteiger charge is -2.24. The van der Waals surface area contributed by atoms with Crippen LogP contribution in [0.25, 0.3) is 11.3 Å². The van der Waals surface area contributed by atoms with Gasteiger partial charge in [0.15, 0.2) is 0 Å². The maximum absolute atomic E-state index is 6.07. The molecule has 4 heterocycles. The van der Waals surface area contributed by atoms with Gasteiger partial charge in [0.2, 0.25) is 11.8 Å². The molecular formula is C22H21N7O. The summed E-state index contributed by atoms with van der Waals surface area (Å²) in [6, 6.07) is 17.2. The first-order valence-electron chi connectivity index (χ1n) is 9.41. The van der Waals surface area contributed by atoms with Gasteiger partial charge >= 0.3 is 0 Å². The normalized spacial score (nSPS) is 10.6. The van der Waals surface area contributed by atoms with Crippen LogP contribution in [0.3, 0.4) is 0 Å². The van der Waals surface area contributed by atoms with Crippen LogP contribution in [-0.2, 0) is 13.1 Å². The summed E-state index contributed by atoms with van der Waals surface area (Å²) in [5.74, 6) is 1.31. The van der Waals surface area contributed by atoms with Crippen LogP contribution in [0.2, 0.25) is 0 Å². The molecule has 0 atom stereocenters. The third kappa shape index (κ3) is 4.49. The molecule has 0 aliphatic carbocycles. The van der Waals surface area contributed by atoms with Gasteiger partial charge in [-0.2, -0.15) is 4.98 Å². The number of ether oxygens (including phenoxy) is 1. The first-order chi connectivity index (χ1) is 14.7. The Balaban J connectivity index is 1.75. The lowest BCUT2D eigenvalue weighted by molar-refractivity contribution is 0.399. The molecule has 0 aliphatic rings. The molecule has 0 aliphatic heterocycles. The number of aromatic nitrogens is 5. The van der Waals surface area contributed by atoms with E-state index in [2.05, 4.69) is 29.8 Å². The third-order valence-electron chi connectivity index (χ3n) is 4.45. The van der Waals surface area contributed by atoms with Crippen LogP contribution in [-0.4, -0.2) is 32.0 Å². The molecule has 0 bridgehead atoms. The van der Waals surface area contributed by atoms with Crippen molar-refractivity contribution in [2.24, 2.45) is 0 Å². The molecule has 0 unspecified atom stereocenters. The van der Waals surface area contributed by atoms with Gasteiger partial charge in [-0.1, -0.05) is 12.1 Å². The van der Waals surface area contributed by atoms with Crippen molar-refractivity contribution in [2.75, 3.05) is 17.7 Å². The van der Waals surface area contributed by atoms with Crippen LogP contribution in [0.1, 0.15) is 11.4 Å². The maximum Gasteiger partial charge on any atom is 0.222 e. The largest absolute Gasteiger partial charge is 0.481 e. The van der Waals surface area contributed by atoms with Crippen molar-refractivity contribution in [3.05, 3.63) is 84.6 Å². The van der Waals surface area contributed by atoms with Gasteiger partial charge in [0, 0.05) is 24.7 Å². The number of rotatable bonds is 7. The summed E-state index contributed by atoms with van der Waals surface area (Å²) in [4.78, 5) is 24.1. The highest BCUT2D eigenvalue weighted by Crippen LogP contribution is 2.29. The van der Waals surface area contributed by atoms with E-state index in [9.17, 15) is 0 Å². The summed E-state index contributed by atoms with van der Waals surface area (Å²) < 4.78 is 5.39. The fraction of sp³-hybridized carbons (Fsp3) is 0.136. The molecule has 0 fully saturated rings. The van der Waals surface area contributed by atoms with E-state index in [1.165, 1.54) is 0 Å². The van der Waals surface area contributed by atoms with Crippen LogP contribution < -0.4 is 15.4 Å². The Labute approximate surface area is 174 Å². The highest BCUT2D eigenvalue weighted by atomic mass is 16.5. The molecule has 0 aromatic carbocycles. The number of nitrogens with two attached hydrogens (primary N) is 1. The fourth-order valence-electron chi connectivity index (χ4n) is 3.09. The van der Waals surface area contributed by atoms with Gasteiger partial charge in [-0.05, 0) is 36.4 Å². The predicted molar refractivity (Wildman–Crippen MR) is 115 cm³/mol. The first-order valence-corrected chi connectivity index (χ1v) is 9.41. The monoisotopic (exact) mass is 399 g/mol. The molecule has 8 heteroatoms. The molecule has 4 aromatic rings. The first kappa shape index (κ1) is 19.3. The standard InChI is InChI=1S/C22H21N7O/c1-30-21-18(9-6-12-26-21)19-13-20(28-22(23)27-19)29(14-16-7-2-4-10-24-16)15-17-8-3-5-11-25-17/h2-13H,14-15H2,1H3,(H2,23,27,28). The number of nitrogen functional groups attached to an aromatic ring is 1. The Bertz CT molecular complexity index is 1070. The molecule has 0 saturated heterocycles. The number of hydrogen-bond acceptors (Lipinski definition) is 8. The van der Waals surface area contributed by atoms with Crippen LogP contribution in [0.4, 0.5) is 11.8 Å². The van der Waals surface area contributed by atoms with Gasteiger partial charge in [0.25, 0.3) is 0 Å². The minimum atomic E-state index is 0.167. The third-order valence-corrected chi connectivity index (χ3v) is 4.45. The van der Waals surface area contributed by atoms with Crippen LogP contribution in [0, 0.1) is 0 Å². The average Bonchev–Trinajstić information content (AvgIpc) is 2.79. The summed E-state index contributed by atoms with van der Waals surface area (Å²) in [5.41, 5.74) is 9.26. The van der Waals surface area contributed by atoms with Crippen LogP contribution in [0.15, 0.2) is 73.2 Å². The van der Waals surface area contributed by atoms with E-state index < -0.39 is 0 Å². The highest BCUT2D eigenvalue weighted by molar-refractivity contribution is 5.68. The molecule has 2 N–H and O–H groups in total. The van der Waals surface area contributed by atoms with E-state index in [0.29, 0.717) is 30.5 Å². The quantitative estimate of drug-likeness (QED) is 0.506. The zero-order valence-electron chi connectivity index (χ0n) is 16.5. The van der Waals surface area contributed by atoms with Crippen molar-refractivity contribution >= 4 is 11.8 Å². The molecular weight excluding hydrogens is 378 g/mol. The van der Waals surface area contributed by atoms with Gasteiger partial charge < -0.3 is 15.4 Å². The van der Waals surface area contributed by atoms with Crippen molar-refractivity contribution in [3.8, 4) is 17.1 Å². The van der Waals surface area contributed by atoms with Crippen molar-refractivity contribution < 1.29 is 4.74 Å². The summed E-state index contributed by atoms with van der Waals surface area (Å²) in [6.45, 7) is 1.08. The Kier molecular flexibility index (Phi) is 5.75. The maximum atomic E-state index is 6.07. The summed E-state index contributed by atoms with van der Waals surface area (Å²) >= 11 is 0. The number of nitrogens with zero attached hydrogens (tertiary/aromatic N) is 6. The molecule has 0 radical (unpaired) electrons. The van der Waals surface area contributed by atoms with E-state index in [0.717, 1.165) is 17.0 Å². The SMILES string of the molecule is COc1ncccc1-c1cc(N(Cc2ccccn2)Cc2ccccn2)nc(N)n1. The van der Waals surface area contributed by atoms with Gasteiger partial charge in [-0.25, -0.2) is 9.97 Å². The minimum Gasteiger partial charge on any atom is -0.481 e. The van der Waals surface area contributed by atoms with Gasteiger partial charge in [-0.3, -0.25) is 9.97 Å². The second-order valence-corrected chi connectivity index (χ2v) is 6.53. The molecule has 30 heavy (non-hydrogen) atoms. The molecule has 8 nitrogen and oxygen atoms in total. The van der Waals surface area contributed by atoms with E-state index in [4.69, 9.17) is 10.5 Å². The van der Waals surface area contributed by atoms with Gasteiger partial charge in [0.05, 0.1) is 42.8 Å². The van der Waals surface area contributed by atoms with Crippen LogP contribution in [0.5, 0.6) is 5.88 Å². The van der Waals surface area contributed by atoms with E-state index in [1.807, 2.05) is 54.6 Å². The molecule has 0 saturated carbocycles. The topological polar surface area (TPSA) is 103 Å². The Hall–Kier alpha value is -4.07. The summed E-state index contributed by atoms with van der Waals surface area (Å²) in [7, 11) is 1.58. The summed E-state index contributed by atoms with van der Waals surface area (Å²) in [6.07, 6.45) is 5.21. The zero-order valence-corrected chi connectivity index (χ0v) is 16.5. The average molecular weight is 399 g/mol. The molecule has 4 aromatic heterocycles. The fourth-order valence-corrected chi connectivity index (χ4v) is 3.09. The minimum absolute atomic E-state index is 0.167. The Morgan fingerprint density at radius 1 is 0.833 bits per heavy atom. The van der Waals surface area contributed by atoms with Crippen LogP contribution >= 0.6 is 0 Å². The van der Waals surface area contributed by atoms with E-state index >= 15 is 0 Å². The van der Waals surface area contributed by atoms with E-state index in [1.54, 1.807) is 25.7 Å². The van der Waals surface area contributed by atoms with Crippen molar-refractivity contribution in [3.63, 3.8) is 0 Å². The van der Waals surface area contributed by atoms with E-state index in [-0.39, 0.29) is 5.95 Å². The Morgan fingerprint density at radius 2 is 1.50 bits per heavy atom. The van der Waals surface area contributed by atoms with Crippen molar-refractivity contribution in [1.29, 1.82) is 0 Å². The smallest absolute Gasteiger partial charge is 0.222 e. The molecule has 4 rings (SSSR count). The number of methoxy groups -OCH3 is 1. The highest BCUT2D eigenvalue weighted by Gasteiger charge is 2.16. The summed E-state index contributed by atoms with van der Waals surface area (Å²) in [5, 5.41) is 0. The van der Waals surface area contributed by atoms with Gasteiger partial charge in [0.1, 0.15) is 5.82 Å². The number of anilines is 2. The predicted octanol–water partition coefficient (Wildman–Crippen LogP) is 3.13. The van der Waals surface area contributed by atoms with Crippen molar-refractivity contribution in [1.82, 2.24) is 24.9 Å². The number of hydrogen-bond donors (Lipinski definition) is 1. The lowest BCUT2D eigenvalue weighted by atomic mass is 10.2. The number of pyridine rings is 3.